The first-order valence-corrected chi connectivity index (χ1v) is 4.34. The topological polar surface area (TPSA) is 72.6 Å². The van der Waals surface area contributed by atoms with Crippen molar-refractivity contribution in [2.24, 2.45) is 5.84 Å². The minimum Gasteiger partial charge on any atom is -0.419 e. The fourth-order valence-electron chi connectivity index (χ4n) is 0.726. The Balaban J connectivity index is 2.63. The molecule has 74 valence electrons. The number of ether oxygens (including phenoxy) is 1. The maximum absolute atomic E-state index is 11.0. The van der Waals surface area contributed by atoms with Gasteiger partial charge >= 0.3 is 11.9 Å². The zero-order valence-corrected chi connectivity index (χ0v) is 8.60. The van der Waals surface area contributed by atoms with Crippen LogP contribution in [0.5, 0.6) is 5.75 Å². The monoisotopic (exact) mass is 258 g/mol. The third kappa shape index (κ3) is 2.82. The largest absolute Gasteiger partial charge is 0.419 e. The van der Waals surface area contributed by atoms with Crippen molar-refractivity contribution in [3.63, 3.8) is 0 Å². The number of nitrogens with zero attached hydrogens (tertiary/aromatic N) is 1. The molecule has 0 aliphatic carbocycles. The molecule has 2 N–H and O–H groups in total. The van der Waals surface area contributed by atoms with E-state index in [1.54, 1.807) is 30.3 Å². The molecule has 1 rings (SSSR count). The molecule has 1 amide bonds. The average molecular weight is 259 g/mol. The molecular weight excluding hydrogens is 252 g/mol. The van der Waals surface area contributed by atoms with E-state index in [2.05, 4.69) is 16.1 Å². The van der Waals surface area contributed by atoms with E-state index >= 15 is 0 Å². The van der Waals surface area contributed by atoms with Crippen LogP contribution >= 0.6 is 16.1 Å². The number of carbonyl (C=O) groups is 2. The van der Waals surface area contributed by atoms with Crippen LogP contribution in [-0.2, 0) is 9.59 Å². The number of amides is 1. The van der Waals surface area contributed by atoms with Gasteiger partial charge in [-0.2, -0.15) is 0 Å². The van der Waals surface area contributed by atoms with Crippen molar-refractivity contribution in [2.45, 2.75) is 0 Å². The van der Waals surface area contributed by atoms with E-state index in [1.165, 1.54) is 0 Å². The van der Waals surface area contributed by atoms with Crippen molar-refractivity contribution >= 4 is 28.0 Å². The molecule has 0 unspecified atom stereocenters. The van der Waals surface area contributed by atoms with Gasteiger partial charge in [0.05, 0.1) is 16.1 Å². The highest BCUT2D eigenvalue weighted by atomic mass is 79.9. The summed E-state index contributed by atoms with van der Waals surface area (Å²) in [6.45, 7) is 0. The first-order valence-electron chi connectivity index (χ1n) is 3.63. The van der Waals surface area contributed by atoms with E-state index < -0.39 is 11.9 Å². The maximum atomic E-state index is 11.0. The van der Waals surface area contributed by atoms with E-state index in [1.807, 2.05) is 0 Å². The van der Waals surface area contributed by atoms with Crippen molar-refractivity contribution in [1.29, 1.82) is 0 Å². The lowest BCUT2D eigenvalue weighted by atomic mass is 10.3. The Hall–Kier alpha value is -1.40. The maximum Gasteiger partial charge on any atom is 0.404 e. The number of carbonyl (C=O) groups excluding carboxylic acids is 2. The molecule has 0 aromatic heterocycles. The Labute approximate surface area is 88.7 Å². The Morgan fingerprint density at radius 1 is 1.29 bits per heavy atom. The summed E-state index contributed by atoms with van der Waals surface area (Å²) in [6.07, 6.45) is 0. The van der Waals surface area contributed by atoms with Gasteiger partial charge in [0.2, 0.25) is 0 Å². The highest BCUT2D eigenvalue weighted by Gasteiger charge is 2.19. The highest BCUT2D eigenvalue weighted by Crippen LogP contribution is 2.08. The van der Waals surface area contributed by atoms with Crippen molar-refractivity contribution in [1.82, 2.24) is 4.03 Å². The summed E-state index contributed by atoms with van der Waals surface area (Å²) in [5.74, 6) is 3.26. The van der Waals surface area contributed by atoms with Crippen LogP contribution in [0.15, 0.2) is 30.3 Å². The standard InChI is InChI=1S/C8H7BrN2O3/c9-11(10)7(12)8(13)14-6-4-2-1-3-5-6/h1-5H,10H2. The summed E-state index contributed by atoms with van der Waals surface area (Å²) < 4.78 is 5.18. The van der Waals surface area contributed by atoms with Crippen molar-refractivity contribution in [3.05, 3.63) is 30.3 Å². The molecule has 0 aliphatic heterocycles. The van der Waals surface area contributed by atoms with Gasteiger partial charge in [0, 0.05) is 0 Å². The summed E-state index contributed by atoms with van der Waals surface area (Å²) in [7, 11) is 0. The number of rotatable bonds is 1. The van der Waals surface area contributed by atoms with Gasteiger partial charge in [-0.3, -0.25) is 4.79 Å². The molecule has 14 heavy (non-hydrogen) atoms. The summed E-state index contributed by atoms with van der Waals surface area (Å²) in [5.41, 5.74) is 0. The quantitative estimate of drug-likeness (QED) is 0.152. The van der Waals surface area contributed by atoms with Crippen LogP contribution in [0, 0.1) is 0 Å². The third-order valence-electron chi connectivity index (χ3n) is 1.32. The van der Waals surface area contributed by atoms with Crippen molar-refractivity contribution in [3.8, 4) is 5.75 Å². The second-order valence-electron chi connectivity index (χ2n) is 2.32. The number of benzene rings is 1. The fourth-order valence-corrected chi connectivity index (χ4v) is 0.871. The average Bonchev–Trinajstić information content (AvgIpc) is 2.18. The number of hydrogen-bond acceptors (Lipinski definition) is 4. The number of hydrogen-bond donors (Lipinski definition) is 1. The van der Waals surface area contributed by atoms with E-state index in [0.717, 1.165) is 0 Å². The molecule has 0 fully saturated rings. The minimum absolute atomic E-state index is 0.292. The van der Waals surface area contributed by atoms with Gasteiger partial charge in [0.1, 0.15) is 5.75 Å². The summed E-state index contributed by atoms with van der Waals surface area (Å²) in [5, 5.41) is 0. The molecular formula is C8H7BrN2O3. The molecule has 0 radical (unpaired) electrons. The van der Waals surface area contributed by atoms with Crippen molar-refractivity contribution in [2.75, 3.05) is 0 Å². The van der Waals surface area contributed by atoms with E-state index in [9.17, 15) is 9.59 Å². The molecule has 6 heteroatoms. The number of esters is 1. The van der Waals surface area contributed by atoms with Crippen LogP contribution in [0.4, 0.5) is 0 Å². The molecule has 5 nitrogen and oxygen atoms in total. The Morgan fingerprint density at radius 3 is 2.36 bits per heavy atom. The van der Waals surface area contributed by atoms with Gasteiger partial charge in [-0.15, -0.1) is 0 Å². The molecule has 1 aromatic carbocycles. The van der Waals surface area contributed by atoms with Gasteiger partial charge in [-0.05, 0) is 12.1 Å². The Morgan fingerprint density at radius 2 is 1.86 bits per heavy atom. The fraction of sp³-hybridized carbons (Fsp3) is 0. The highest BCUT2D eigenvalue weighted by molar-refractivity contribution is 9.07. The Kier molecular flexibility index (Phi) is 3.61. The predicted octanol–water partition coefficient (Wildman–Crippen LogP) is 0.604. The zero-order chi connectivity index (χ0) is 10.6. The summed E-state index contributed by atoms with van der Waals surface area (Å²) in [4.78, 5) is 22.0. The predicted molar refractivity (Wildman–Crippen MR) is 52.0 cm³/mol. The van der Waals surface area contributed by atoms with Crippen LogP contribution in [0.2, 0.25) is 0 Å². The molecule has 0 saturated carbocycles. The first-order chi connectivity index (χ1) is 6.61. The number of hydrazine groups is 1. The van der Waals surface area contributed by atoms with Crippen LogP contribution in [0.25, 0.3) is 0 Å². The molecule has 0 atom stereocenters. The molecule has 0 heterocycles. The Bertz CT molecular complexity index is 340. The lowest BCUT2D eigenvalue weighted by molar-refractivity contribution is -0.150. The third-order valence-corrected chi connectivity index (χ3v) is 1.64. The summed E-state index contributed by atoms with van der Waals surface area (Å²) in [6, 6.07) is 8.24. The van der Waals surface area contributed by atoms with Crippen LogP contribution < -0.4 is 10.6 Å². The SMILES string of the molecule is NN(Br)C(=O)C(=O)Oc1ccccc1. The molecule has 0 bridgehead atoms. The van der Waals surface area contributed by atoms with Crippen molar-refractivity contribution < 1.29 is 14.3 Å². The van der Waals surface area contributed by atoms with Crippen LogP contribution in [0.3, 0.4) is 0 Å². The summed E-state index contributed by atoms with van der Waals surface area (Å²) >= 11 is 2.61. The molecule has 1 aromatic rings. The van der Waals surface area contributed by atoms with Gasteiger partial charge in [0.15, 0.2) is 0 Å². The smallest absolute Gasteiger partial charge is 0.404 e. The van der Waals surface area contributed by atoms with Gasteiger partial charge in [0.25, 0.3) is 0 Å². The van der Waals surface area contributed by atoms with Crippen LogP contribution in [-0.4, -0.2) is 15.9 Å². The van der Waals surface area contributed by atoms with Gasteiger partial charge in [-0.1, -0.05) is 18.2 Å². The van der Waals surface area contributed by atoms with Crippen LogP contribution in [0.1, 0.15) is 0 Å². The van der Waals surface area contributed by atoms with Gasteiger partial charge < -0.3 is 4.74 Å². The molecule has 0 aliphatic rings. The normalized spacial score (nSPS) is 9.29. The van der Waals surface area contributed by atoms with Gasteiger partial charge in [-0.25, -0.2) is 14.7 Å². The number of halogens is 1. The van der Waals surface area contributed by atoms with E-state index in [4.69, 9.17) is 10.6 Å². The van der Waals surface area contributed by atoms with E-state index in [0.29, 0.717) is 9.78 Å². The minimum atomic E-state index is -1.05. The lowest BCUT2D eigenvalue weighted by Gasteiger charge is -2.06. The van der Waals surface area contributed by atoms with E-state index in [-0.39, 0.29) is 0 Å². The first kappa shape index (κ1) is 10.7. The molecule has 0 saturated heterocycles. The second-order valence-corrected chi connectivity index (χ2v) is 3.08. The number of para-hydroxylation sites is 1. The number of nitrogens with two attached hydrogens (primary N) is 1. The molecule has 0 spiro atoms. The zero-order valence-electron chi connectivity index (χ0n) is 7.01. The lowest BCUT2D eigenvalue weighted by Crippen LogP contribution is -2.36. The second kappa shape index (κ2) is 4.73.